The maximum Gasteiger partial charge on any atom is 0.224 e. The minimum Gasteiger partial charge on any atom is -0.492 e. The molecule has 0 unspecified atom stereocenters. The molecular weight excluding hydrogens is 192 g/mol. The molecule has 4 heteroatoms. The first-order chi connectivity index (χ1) is 7.26. The van der Waals surface area contributed by atoms with E-state index in [9.17, 15) is 4.79 Å². The number of nitrogens with one attached hydrogen (secondary N) is 1. The second-order valence-electron chi connectivity index (χ2n) is 3.13. The number of carbonyl (C=O) groups is 1. The molecule has 1 aromatic rings. The molecular formula is C11H16N2O2. The Morgan fingerprint density at radius 3 is 2.60 bits per heavy atom. The topological polar surface area (TPSA) is 64.3 Å². The van der Waals surface area contributed by atoms with Crippen LogP contribution in [0.2, 0.25) is 0 Å². The lowest BCUT2D eigenvalue weighted by atomic mass is 10.1. The Labute approximate surface area is 89.4 Å². The molecule has 0 heterocycles. The minimum atomic E-state index is 0.00521. The summed E-state index contributed by atoms with van der Waals surface area (Å²) in [6, 6.07) is 7.43. The molecule has 0 bridgehead atoms. The van der Waals surface area contributed by atoms with E-state index < -0.39 is 0 Å². The van der Waals surface area contributed by atoms with Crippen molar-refractivity contribution >= 4 is 5.91 Å². The van der Waals surface area contributed by atoms with Gasteiger partial charge in [0.05, 0.1) is 6.42 Å². The highest BCUT2D eigenvalue weighted by Gasteiger charge is 2.00. The molecule has 4 nitrogen and oxygen atoms in total. The summed E-state index contributed by atoms with van der Waals surface area (Å²) in [6.45, 7) is 1.01. The summed E-state index contributed by atoms with van der Waals surface area (Å²) < 4.78 is 5.32. The van der Waals surface area contributed by atoms with Crippen LogP contribution in [0.3, 0.4) is 0 Å². The Bertz CT molecular complexity index is 309. The number of amides is 1. The van der Waals surface area contributed by atoms with E-state index in [4.69, 9.17) is 10.5 Å². The predicted molar refractivity (Wildman–Crippen MR) is 58.8 cm³/mol. The first kappa shape index (κ1) is 11.5. The Morgan fingerprint density at radius 2 is 2.07 bits per heavy atom. The summed E-state index contributed by atoms with van der Waals surface area (Å²) in [5.41, 5.74) is 6.28. The number of ether oxygens (including phenoxy) is 1. The summed E-state index contributed by atoms with van der Waals surface area (Å²) in [6.07, 6.45) is 0.396. The average molecular weight is 208 g/mol. The first-order valence-corrected chi connectivity index (χ1v) is 4.88. The van der Waals surface area contributed by atoms with Crippen LogP contribution in [0.15, 0.2) is 24.3 Å². The van der Waals surface area contributed by atoms with Crippen LogP contribution < -0.4 is 15.8 Å². The molecule has 1 aromatic carbocycles. The van der Waals surface area contributed by atoms with Gasteiger partial charge >= 0.3 is 0 Å². The lowest BCUT2D eigenvalue weighted by molar-refractivity contribution is -0.119. The molecule has 0 aliphatic heterocycles. The lowest BCUT2D eigenvalue weighted by Crippen LogP contribution is -2.19. The van der Waals surface area contributed by atoms with Gasteiger partial charge in [-0.1, -0.05) is 12.1 Å². The van der Waals surface area contributed by atoms with E-state index in [1.165, 1.54) is 0 Å². The number of rotatable bonds is 5. The molecule has 0 atom stereocenters. The van der Waals surface area contributed by atoms with E-state index in [1.54, 1.807) is 7.05 Å². The summed E-state index contributed by atoms with van der Waals surface area (Å²) >= 11 is 0. The molecule has 3 N–H and O–H groups in total. The molecule has 0 saturated carbocycles. The normalized spacial score (nSPS) is 9.73. The van der Waals surface area contributed by atoms with Gasteiger partial charge in [-0.25, -0.2) is 0 Å². The molecule has 0 fully saturated rings. The van der Waals surface area contributed by atoms with Crippen LogP contribution in [0.1, 0.15) is 5.56 Å². The summed E-state index contributed by atoms with van der Waals surface area (Å²) in [7, 11) is 1.63. The molecule has 0 radical (unpaired) electrons. The van der Waals surface area contributed by atoms with E-state index in [0.717, 1.165) is 11.3 Å². The van der Waals surface area contributed by atoms with Crippen molar-refractivity contribution in [3.8, 4) is 5.75 Å². The van der Waals surface area contributed by atoms with Crippen LogP contribution in [0, 0.1) is 0 Å². The van der Waals surface area contributed by atoms with Gasteiger partial charge in [-0.3, -0.25) is 4.79 Å². The van der Waals surface area contributed by atoms with Gasteiger partial charge in [-0.15, -0.1) is 0 Å². The Hall–Kier alpha value is -1.55. The zero-order valence-corrected chi connectivity index (χ0v) is 8.82. The van der Waals surface area contributed by atoms with Crippen molar-refractivity contribution in [2.24, 2.45) is 5.73 Å². The molecule has 0 saturated heterocycles. The van der Waals surface area contributed by atoms with E-state index >= 15 is 0 Å². The number of likely N-dealkylation sites (N-methyl/N-ethyl adjacent to an activating group) is 1. The van der Waals surface area contributed by atoms with Crippen molar-refractivity contribution in [1.29, 1.82) is 0 Å². The first-order valence-electron chi connectivity index (χ1n) is 4.88. The van der Waals surface area contributed by atoms with Crippen LogP contribution in [0.5, 0.6) is 5.75 Å². The van der Waals surface area contributed by atoms with Gasteiger partial charge in [0, 0.05) is 13.6 Å². The molecule has 0 aliphatic carbocycles. The quantitative estimate of drug-likeness (QED) is 0.732. The number of hydrogen-bond acceptors (Lipinski definition) is 3. The molecule has 0 spiro atoms. The second-order valence-corrected chi connectivity index (χ2v) is 3.13. The van der Waals surface area contributed by atoms with Crippen molar-refractivity contribution in [2.45, 2.75) is 6.42 Å². The van der Waals surface area contributed by atoms with Crippen molar-refractivity contribution in [3.05, 3.63) is 29.8 Å². The predicted octanol–water partition coefficient (Wildman–Crippen LogP) is 0.313. The summed E-state index contributed by atoms with van der Waals surface area (Å²) in [4.78, 5) is 11.1. The Kier molecular flexibility index (Phi) is 4.63. The smallest absolute Gasteiger partial charge is 0.224 e. The number of nitrogens with two attached hydrogens (primary N) is 1. The highest BCUT2D eigenvalue weighted by Crippen LogP contribution is 2.12. The van der Waals surface area contributed by atoms with Crippen LogP contribution in [0.4, 0.5) is 0 Å². The van der Waals surface area contributed by atoms with Gasteiger partial charge in [-0.2, -0.15) is 0 Å². The third-order valence-corrected chi connectivity index (χ3v) is 1.95. The largest absolute Gasteiger partial charge is 0.492 e. The maximum atomic E-state index is 11.1. The number of benzene rings is 1. The van der Waals surface area contributed by atoms with Gasteiger partial charge in [0.15, 0.2) is 0 Å². The van der Waals surface area contributed by atoms with Crippen molar-refractivity contribution in [2.75, 3.05) is 20.2 Å². The minimum absolute atomic E-state index is 0.00521. The fourth-order valence-corrected chi connectivity index (χ4v) is 1.15. The monoisotopic (exact) mass is 208 g/mol. The Balaban J connectivity index is 2.52. The molecule has 82 valence electrons. The lowest BCUT2D eigenvalue weighted by Gasteiger charge is -2.05. The van der Waals surface area contributed by atoms with Crippen LogP contribution in [-0.4, -0.2) is 26.1 Å². The second kappa shape index (κ2) is 6.03. The van der Waals surface area contributed by atoms with Gasteiger partial charge in [-0.05, 0) is 17.7 Å². The zero-order valence-electron chi connectivity index (χ0n) is 8.82. The van der Waals surface area contributed by atoms with Crippen LogP contribution in [-0.2, 0) is 11.2 Å². The third kappa shape index (κ3) is 3.99. The van der Waals surface area contributed by atoms with Crippen LogP contribution >= 0.6 is 0 Å². The van der Waals surface area contributed by atoms with Gasteiger partial charge < -0.3 is 15.8 Å². The van der Waals surface area contributed by atoms with Crippen molar-refractivity contribution < 1.29 is 9.53 Å². The maximum absolute atomic E-state index is 11.1. The third-order valence-electron chi connectivity index (χ3n) is 1.95. The molecule has 15 heavy (non-hydrogen) atoms. The molecule has 1 amide bonds. The standard InChI is InChI=1S/C11H16N2O2/c1-13-11(14)8-9-2-4-10(5-3-9)15-7-6-12/h2-5H,6-8,12H2,1H3,(H,13,14). The van der Waals surface area contributed by atoms with E-state index in [1.807, 2.05) is 24.3 Å². The average Bonchev–Trinajstić information content (AvgIpc) is 2.28. The zero-order chi connectivity index (χ0) is 11.1. The molecule has 1 rings (SSSR count). The van der Waals surface area contributed by atoms with Crippen molar-refractivity contribution in [1.82, 2.24) is 5.32 Å². The summed E-state index contributed by atoms with van der Waals surface area (Å²) in [5.74, 6) is 0.784. The number of carbonyl (C=O) groups excluding carboxylic acids is 1. The Morgan fingerprint density at radius 1 is 1.40 bits per heavy atom. The number of hydrogen-bond donors (Lipinski definition) is 2. The van der Waals surface area contributed by atoms with Crippen molar-refractivity contribution in [3.63, 3.8) is 0 Å². The van der Waals surface area contributed by atoms with Gasteiger partial charge in [0.1, 0.15) is 12.4 Å². The molecule has 0 aliphatic rings. The fraction of sp³-hybridized carbons (Fsp3) is 0.364. The highest BCUT2D eigenvalue weighted by molar-refractivity contribution is 5.78. The SMILES string of the molecule is CNC(=O)Cc1ccc(OCCN)cc1. The van der Waals surface area contributed by atoms with Crippen LogP contribution in [0.25, 0.3) is 0 Å². The van der Waals surface area contributed by atoms with Gasteiger partial charge in [0.25, 0.3) is 0 Å². The van der Waals surface area contributed by atoms with E-state index in [-0.39, 0.29) is 5.91 Å². The van der Waals surface area contributed by atoms with Gasteiger partial charge in [0.2, 0.25) is 5.91 Å². The molecule has 0 aromatic heterocycles. The van der Waals surface area contributed by atoms with E-state index in [2.05, 4.69) is 5.32 Å². The van der Waals surface area contributed by atoms with E-state index in [0.29, 0.717) is 19.6 Å². The fourth-order valence-electron chi connectivity index (χ4n) is 1.15. The summed E-state index contributed by atoms with van der Waals surface area (Å²) in [5, 5.41) is 2.58. The highest BCUT2D eigenvalue weighted by atomic mass is 16.5.